The maximum Gasteiger partial charge on any atom is 0.263 e. The number of ether oxygens (including phenoxy) is 1. The molecule has 0 saturated heterocycles. The zero-order valence-electron chi connectivity index (χ0n) is 13.9. The van der Waals surface area contributed by atoms with Gasteiger partial charge >= 0.3 is 0 Å². The Hall–Kier alpha value is -2.59. The predicted octanol–water partition coefficient (Wildman–Crippen LogP) is 3.96. The molecule has 0 amide bonds. The smallest absolute Gasteiger partial charge is 0.263 e. The summed E-state index contributed by atoms with van der Waals surface area (Å²) in [4.78, 5) is 4.32. The molecule has 0 aliphatic rings. The number of hydrogen-bond donors (Lipinski definition) is 1. The van der Waals surface area contributed by atoms with Crippen LogP contribution in [-0.2, 0) is 16.4 Å². The van der Waals surface area contributed by atoms with Crippen molar-refractivity contribution < 1.29 is 26.3 Å². The first-order valence-electron chi connectivity index (χ1n) is 7.53. The van der Waals surface area contributed by atoms with Crippen LogP contribution in [-0.4, -0.2) is 20.5 Å². The summed E-state index contributed by atoms with van der Waals surface area (Å²) < 4.78 is 71.7. The molecule has 142 valence electrons. The molecule has 5 nitrogen and oxygen atoms in total. The summed E-state index contributed by atoms with van der Waals surface area (Å²) in [6, 6.07) is 6.78. The molecule has 0 fully saturated rings. The summed E-state index contributed by atoms with van der Waals surface area (Å²) in [5.74, 6) is -2.78. The molecule has 27 heavy (non-hydrogen) atoms. The molecule has 3 aromatic rings. The molecule has 0 saturated carbocycles. The van der Waals surface area contributed by atoms with Crippen molar-refractivity contribution in [2.24, 2.45) is 0 Å². The molecule has 1 aromatic heterocycles. The number of benzene rings is 2. The highest BCUT2D eigenvalue weighted by Crippen LogP contribution is 2.26. The first-order valence-corrected chi connectivity index (χ1v) is 9.83. The number of sulfonamides is 1. The number of nitrogens with zero attached hydrogens (tertiary/aromatic N) is 1. The molecule has 10 heteroatoms. The highest BCUT2D eigenvalue weighted by atomic mass is 32.2. The third-order valence-corrected chi connectivity index (χ3v) is 5.95. The minimum atomic E-state index is -4.04. The topological polar surface area (TPSA) is 68.3 Å². The Labute approximate surface area is 157 Å². The van der Waals surface area contributed by atoms with Gasteiger partial charge in [-0.2, -0.15) is 0 Å². The average Bonchev–Trinajstić information content (AvgIpc) is 3.04. The molecule has 0 unspecified atom stereocenters. The normalized spacial score (nSPS) is 11.4. The quantitative estimate of drug-likeness (QED) is 0.663. The number of aromatic nitrogens is 1. The highest BCUT2D eigenvalue weighted by Gasteiger charge is 2.18. The summed E-state index contributed by atoms with van der Waals surface area (Å²) in [5, 5.41) is 0.0730. The molecular formula is C17H13F3N2O3S2. The third kappa shape index (κ3) is 4.40. The van der Waals surface area contributed by atoms with Crippen LogP contribution < -0.4 is 9.46 Å². The second-order valence-electron chi connectivity index (χ2n) is 5.46. The van der Waals surface area contributed by atoms with Crippen LogP contribution in [0.25, 0.3) is 0 Å². The van der Waals surface area contributed by atoms with Gasteiger partial charge in [0.25, 0.3) is 10.0 Å². The maximum absolute atomic E-state index is 13.7. The molecule has 0 aliphatic carbocycles. The van der Waals surface area contributed by atoms with Gasteiger partial charge in [-0.05, 0) is 35.9 Å². The number of nitrogens with one attached hydrogen (secondary N) is 1. The van der Waals surface area contributed by atoms with E-state index < -0.39 is 27.5 Å². The van der Waals surface area contributed by atoms with E-state index in [-0.39, 0.29) is 22.2 Å². The monoisotopic (exact) mass is 414 g/mol. The molecule has 0 bridgehead atoms. The summed E-state index contributed by atoms with van der Waals surface area (Å²) >= 11 is 1.04. The second kappa shape index (κ2) is 7.57. The summed E-state index contributed by atoms with van der Waals surface area (Å²) in [7, 11) is -2.77. The Bertz CT molecular complexity index is 1080. The first kappa shape index (κ1) is 19.2. The van der Waals surface area contributed by atoms with Crippen molar-refractivity contribution in [1.82, 2.24) is 4.98 Å². The van der Waals surface area contributed by atoms with Crippen molar-refractivity contribution in [3.05, 3.63) is 70.5 Å². The molecular weight excluding hydrogens is 401 g/mol. The zero-order chi connectivity index (χ0) is 19.6. The van der Waals surface area contributed by atoms with Crippen molar-refractivity contribution in [3.63, 3.8) is 0 Å². The Balaban J connectivity index is 1.76. The summed E-state index contributed by atoms with van der Waals surface area (Å²) in [5.41, 5.74) is 0.518. The second-order valence-corrected chi connectivity index (χ2v) is 8.26. The van der Waals surface area contributed by atoms with E-state index >= 15 is 0 Å². The fraction of sp³-hybridized carbons (Fsp3) is 0.118. The van der Waals surface area contributed by atoms with Crippen LogP contribution in [0.4, 0.5) is 18.3 Å². The summed E-state index contributed by atoms with van der Waals surface area (Å²) in [6.45, 7) is 0. The highest BCUT2D eigenvalue weighted by molar-refractivity contribution is 7.93. The van der Waals surface area contributed by atoms with Crippen molar-refractivity contribution in [2.45, 2.75) is 11.3 Å². The Kier molecular flexibility index (Phi) is 5.38. The molecule has 0 atom stereocenters. The van der Waals surface area contributed by atoms with E-state index in [1.807, 2.05) is 0 Å². The van der Waals surface area contributed by atoms with Crippen molar-refractivity contribution in [3.8, 4) is 5.75 Å². The van der Waals surface area contributed by atoms with Gasteiger partial charge in [-0.25, -0.2) is 26.6 Å². The van der Waals surface area contributed by atoms with Gasteiger partial charge in [0.15, 0.2) is 28.3 Å². The zero-order valence-corrected chi connectivity index (χ0v) is 15.5. The number of thiazole rings is 1. The van der Waals surface area contributed by atoms with Crippen LogP contribution in [0.3, 0.4) is 0 Å². The standard InChI is InChI=1S/C17H13F3N2O3S2/c1-25-16-5-3-12(8-15(16)20)27(23,24)22-17-21-9-11(26-17)6-10-2-4-13(18)14(19)7-10/h2-5,7-9H,6H2,1H3,(H,21,22). The van der Waals surface area contributed by atoms with Crippen LogP contribution in [0.15, 0.2) is 47.5 Å². The van der Waals surface area contributed by atoms with Crippen LogP contribution in [0.1, 0.15) is 10.4 Å². The van der Waals surface area contributed by atoms with Gasteiger partial charge in [-0.15, -0.1) is 11.3 Å². The maximum atomic E-state index is 13.7. The van der Waals surface area contributed by atoms with Crippen LogP contribution in [0, 0.1) is 17.5 Å². The first-order chi connectivity index (χ1) is 12.8. The number of halogens is 3. The van der Waals surface area contributed by atoms with Gasteiger partial charge in [0.2, 0.25) is 0 Å². The van der Waals surface area contributed by atoms with Crippen molar-refractivity contribution in [1.29, 1.82) is 0 Å². The van der Waals surface area contributed by atoms with Gasteiger partial charge < -0.3 is 4.74 Å². The fourth-order valence-corrected chi connectivity index (χ4v) is 4.38. The van der Waals surface area contributed by atoms with Crippen LogP contribution >= 0.6 is 11.3 Å². The largest absolute Gasteiger partial charge is 0.494 e. The number of methoxy groups -OCH3 is 1. The van der Waals surface area contributed by atoms with Gasteiger partial charge in [-0.3, -0.25) is 4.72 Å². The number of hydrogen-bond acceptors (Lipinski definition) is 5. The summed E-state index contributed by atoms with van der Waals surface area (Å²) in [6.07, 6.45) is 1.69. The van der Waals surface area contributed by atoms with Gasteiger partial charge in [-0.1, -0.05) is 6.07 Å². The van der Waals surface area contributed by atoms with Gasteiger partial charge in [0.05, 0.1) is 12.0 Å². The van der Waals surface area contributed by atoms with E-state index in [9.17, 15) is 21.6 Å². The number of anilines is 1. The molecule has 0 radical (unpaired) electrons. The minimum Gasteiger partial charge on any atom is -0.494 e. The lowest BCUT2D eigenvalue weighted by Gasteiger charge is -2.07. The third-order valence-electron chi connectivity index (χ3n) is 3.57. The van der Waals surface area contributed by atoms with Crippen molar-refractivity contribution in [2.75, 3.05) is 11.8 Å². The molecule has 1 N–H and O–H groups in total. The average molecular weight is 414 g/mol. The van der Waals surface area contributed by atoms with E-state index in [0.717, 1.165) is 29.5 Å². The fourth-order valence-electron chi connectivity index (χ4n) is 2.28. The molecule has 2 aromatic carbocycles. The SMILES string of the molecule is COc1ccc(S(=O)(=O)Nc2ncc(Cc3ccc(F)c(F)c3)s2)cc1F. The molecule has 1 heterocycles. The van der Waals surface area contributed by atoms with E-state index in [1.54, 1.807) is 0 Å². The molecule has 0 aliphatic heterocycles. The van der Waals surface area contributed by atoms with E-state index in [2.05, 4.69) is 9.71 Å². The van der Waals surface area contributed by atoms with Gasteiger partial charge in [0, 0.05) is 17.5 Å². The lowest BCUT2D eigenvalue weighted by molar-refractivity contribution is 0.385. The minimum absolute atomic E-state index is 0.0722. The lowest BCUT2D eigenvalue weighted by Crippen LogP contribution is -2.13. The predicted molar refractivity (Wildman–Crippen MR) is 95.0 cm³/mol. The molecule has 0 spiro atoms. The lowest BCUT2D eigenvalue weighted by atomic mass is 10.1. The number of rotatable bonds is 6. The Morgan fingerprint density at radius 2 is 1.85 bits per heavy atom. The Morgan fingerprint density at radius 1 is 1.07 bits per heavy atom. The van der Waals surface area contributed by atoms with Crippen LogP contribution in [0.5, 0.6) is 5.75 Å². The van der Waals surface area contributed by atoms with E-state index in [1.165, 1.54) is 31.5 Å². The molecule has 3 rings (SSSR count). The van der Waals surface area contributed by atoms with Crippen LogP contribution in [0.2, 0.25) is 0 Å². The van der Waals surface area contributed by atoms with Gasteiger partial charge in [0.1, 0.15) is 0 Å². The van der Waals surface area contributed by atoms with Crippen molar-refractivity contribution >= 4 is 26.5 Å². The van der Waals surface area contributed by atoms with E-state index in [0.29, 0.717) is 10.4 Å². The Morgan fingerprint density at radius 3 is 2.52 bits per heavy atom. The van der Waals surface area contributed by atoms with E-state index in [4.69, 9.17) is 4.74 Å².